The van der Waals surface area contributed by atoms with Gasteiger partial charge < -0.3 is 19.7 Å². The van der Waals surface area contributed by atoms with E-state index in [9.17, 15) is 20.1 Å². The zero-order valence-corrected chi connectivity index (χ0v) is 14.6. The van der Waals surface area contributed by atoms with Gasteiger partial charge in [0, 0.05) is 23.3 Å². The van der Waals surface area contributed by atoms with Gasteiger partial charge in [-0.05, 0) is 6.07 Å². The summed E-state index contributed by atoms with van der Waals surface area (Å²) in [6.45, 7) is 0.321. The molecule has 1 atom stereocenters. The first-order valence-electron chi connectivity index (χ1n) is 8.36. The van der Waals surface area contributed by atoms with Crippen molar-refractivity contribution in [2.45, 2.75) is 6.54 Å². The van der Waals surface area contributed by atoms with Crippen LogP contribution in [0.1, 0.15) is 5.56 Å². The number of likely N-dealkylation sites (N-methyl/N-ethyl adjacent to an activating group) is 1. The Labute approximate surface area is 150 Å². The van der Waals surface area contributed by atoms with Crippen LogP contribution in [0.3, 0.4) is 0 Å². The minimum atomic E-state index is -0.202. The monoisotopic (exact) mass is 356 g/mol. The van der Waals surface area contributed by atoms with Crippen molar-refractivity contribution in [2.24, 2.45) is 0 Å². The highest BCUT2D eigenvalue weighted by Crippen LogP contribution is 2.29. The maximum absolute atomic E-state index is 12.6. The molecule has 0 aliphatic heterocycles. The van der Waals surface area contributed by atoms with E-state index in [0.717, 1.165) is 5.56 Å². The average molecular weight is 356 g/mol. The quantitative estimate of drug-likeness (QED) is 0.464. The van der Waals surface area contributed by atoms with Crippen molar-refractivity contribution in [1.82, 2.24) is 0 Å². The molecule has 0 spiro atoms. The molecule has 0 amide bonds. The first-order chi connectivity index (χ1) is 12.5. The number of phenolic OH excluding ortho intramolecular Hbond substituents is 1. The van der Waals surface area contributed by atoms with Crippen molar-refractivity contribution in [3.63, 3.8) is 0 Å². The van der Waals surface area contributed by atoms with E-state index in [1.807, 2.05) is 30.3 Å². The molecule has 26 heavy (non-hydrogen) atoms. The fraction of sp³-hybridized carbons (Fsp3) is 0.250. The number of aromatic hydroxyl groups is 1. The Morgan fingerprint density at radius 2 is 1.81 bits per heavy atom. The SMILES string of the molecule is C[N+](CO)(CCO)Cc1cc2c(=O)cc(-c3ccccc3)oc2cc1O. The molecule has 0 aliphatic rings. The molecule has 0 saturated heterocycles. The fourth-order valence-electron chi connectivity index (χ4n) is 2.96. The molecule has 6 heteroatoms. The van der Waals surface area contributed by atoms with E-state index in [4.69, 9.17) is 4.42 Å². The molecule has 0 saturated carbocycles. The predicted octanol–water partition coefficient (Wildman–Crippen LogP) is 2.05. The largest absolute Gasteiger partial charge is 0.507 e. The number of hydrogen-bond acceptors (Lipinski definition) is 5. The van der Waals surface area contributed by atoms with Crippen molar-refractivity contribution in [2.75, 3.05) is 26.9 Å². The number of benzene rings is 2. The van der Waals surface area contributed by atoms with Crippen LogP contribution < -0.4 is 5.43 Å². The lowest BCUT2D eigenvalue weighted by Gasteiger charge is -2.31. The number of rotatable bonds is 6. The van der Waals surface area contributed by atoms with Crippen molar-refractivity contribution >= 4 is 11.0 Å². The molecule has 1 heterocycles. The normalized spacial score (nSPS) is 13.7. The first kappa shape index (κ1) is 18.1. The maximum Gasteiger partial charge on any atom is 0.193 e. The van der Waals surface area contributed by atoms with Crippen LogP contribution in [-0.2, 0) is 6.54 Å². The van der Waals surface area contributed by atoms with E-state index >= 15 is 0 Å². The highest BCUT2D eigenvalue weighted by Gasteiger charge is 2.23. The third kappa shape index (κ3) is 3.62. The van der Waals surface area contributed by atoms with Crippen molar-refractivity contribution in [3.8, 4) is 17.1 Å². The maximum atomic E-state index is 12.6. The molecule has 6 nitrogen and oxygen atoms in total. The van der Waals surface area contributed by atoms with Crippen LogP contribution in [0.2, 0.25) is 0 Å². The number of nitrogens with zero attached hydrogens (tertiary/aromatic N) is 1. The van der Waals surface area contributed by atoms with Crippen LogP contribution in [-0.4, -0.2) is 46.7 Å². The standard InChI is InChI=1S/C20H21NO5/c1-21(13-23,7-8-22)12-15-9-16-18(25)11-19(14-5-3-2-4-6-14)26-20(16)10-17(15)24/h2-6,9-11,22-23H,7-8,12-13H2,1H3/p+1. The number of quaternary nitrogens is 1. The lowest BCUT2D eigenvalue weighted by molar-refractivity contribution is -0.940. The van der Waals surface area contributed by atoms with Gasteiger partial charge in [0.1, 0.15) is 30.2 Å². The number of fused-ring (bicyclic) bond motifs is 1. The summed E-state index contributed by atoms with van der Waals surface area (Å²) in [5.74, 6) is 0.424. The zero-order chi connectivity index (χ0) is 18.7. The van der Waals surface area contributed by atoms with Gasteiger partial charge in [0.15, 0.2) is 12.2 Å². The summed E-state index contributed by atoms with van der Waals surface area (Å²) in [7, 11) is 1.76. The number of phenols is 1. The number of aliphatic hydroxyl groups is 2. The smallest absolute Gasteiger partial charge is 0.193 e. The molecule has 0 radical (unpaired) electrons. The third-order valence-electron chi connectivity index (χ3n) is 4.52. The molecule has 3 N–H and O–H groups in total. The van der Waals surface area contributed by atoms with Crippen LogP contribution in [0.25, 0.3) is 22.3 Å². The van der Waals surface area contributed by atoms with Gasteiger partial charge in [-0.3, -0.25) is 9.28 Å². The molecule has 0 fully saturated rings. The van der Waals surface area contributed by atoms with Gasteiger partial charge in [-0.2, -0.15) is 0 Å². The highest BCUT2D eigenvalue weighted by molar-refractivity contribution is 5.81. The van der Waals surface area contributed by atoms with E-state index in [0.29, 0.717) is 28.8 Å². The molecule has 3 aromatic rings. The highest BCUT2D eigenvalue weighted by atomic mass is 16.3. The average Bonchev–Trinajstić information content (AvgIpc) is 2.64. The molecule has 136 valence electrons. The molecule has 1 aromatic heterocycles. The molecule has 0 aliphatic carbocycles. The number of hydrogen-bond donors (Lipinski definition) is 3. The second-order valence-corrected chi connectivity index (χ2v) is 6.68. The van der Waals surface area contributed by atoms with E-state index in [-0.39, 0.29) is 35.5 Å². The molecular formula is C20H22NO5+. The molecule has 1 unspecified atom stereocenters. The predicted molar refractivity (Wildman–Crippen MR) is 98.5 cm³/mol. The fourth-order valence-corrected chi connectivity index (χ4v) is 2.96. The summed E-state index contributed by atoms with van der Waals surface area (Å²) in [4.78, 5) is 12.6. The van der Waals surface area contributed by atoms with E-state index in [1.54, 1.807) is 13.1 Å². The van der Waals surface area contributed by atoms with Crippen LogP contribution >= 0.6 is 0 Å². The van der Waals surface area contributed by atoms with Crippen LogP contribution in [0.4, 0.5) is 0 Å². The van der Waals surface area contributed by atoms with Crippen molar-refractivity contribution in [3.05, 3.63) is 64.3 Å². The lowest BCUT2D eigenvalue weighted by atomic mass is 10.1. The zero-order valence-electron chi connectivity index (χ0n) is 14.6. The van der Waals surface area contributed by atoms with Gasteiger partial charge in [0.25, 0.3) is 0 Å². The second kappa shape index (κ2) is 7.29. The van der Waals surface area contributed by atoms with Crippen molar-refractivity contribution < 1.29 is 24.2 Å². The van der Waals surface area contributed by atoms with Gasteiger partial charge in [0.2, 0.25) is 0 Å². The van der Waals surface area contributed by atoms with Gasteiger partial charge in [-0.25, -0.2) is 0 Å². The van der Waals surface area contributed by atoms with Gasteiger partial charge in [0.05, 0.1) is 19.0 Å². The Bertz CT molecular complexity index is 967. The number of aliphatic hydroxyl groups excluding tert-OH is 2. The van der Waals surface area contributed by atoms with Crippen molar-refractivity contribution in [1.29, 1.82) is 0 Å². The summed E-state index contributed by atoms with van der Waals surface area (Å²) >= 11 is 0. The van der Waals surface area contributed by atoms with E-state index in [1.165, 1.54) is 12.1 Å². The Morgan fingerprint density at radius 1 is 1.08 bits per heavy atom. The van der Waals surface area contributed by atoms with Gasteiger partial charge in [-0.15, -0.1) is 0 Å². The minimum absolute atomic E-state index is 0.0124. The topological polar surface area (TPSA) is 90.9 Å². The summed E-state index contributed by atoms with van der Waals surface area (Å²) in [6.07, 6.45) is 0. The summed E-state index contributed by atoms with van der Waals surface area (Å²) in [6, 6.07) is 13.7. The van der Waals surface area contributed by atoms with Gasteiger partial charge in [-0.1, -0.05) is 30.3 Å². The summed E-state index contributed by atoms with van der Waals surface area (Å²) < 4.78 is 5.94. The molecule has 3 rings (SSSR count). The Balaban J connectivity index is 2.07. The Morgan fingerprint density at radius 3 is 2.46 bits per heavy atom. The molecule has 0 bridgehead atoms. The second-order valence-electron chi connectivity index (χ2n) is 6.68. The van der Waals surface area contributed by atoms with Crippen LogP contribution in [0.5, 0.6) is 5.75 Å². The minimum Gasteiger partial charge on any atom is -0.507 e. The van der Waals surface area contributed by atoms with Gasteiger partial charge >= 0.3 is 0 Å². The Hall–Kier alpha value is -2.67. The lowest BCUT2D eigenvalue weighted by Crippen LogP contribution is -2.46. The Kier molecular flexibility index (Phi) is 5.08. The van der Waals surface area contributed by atoms with E-state index < -0.39 is 0 Å². The van der Waals surface area contributed by atoms with E-state index in [2.05, 4.69) is 0 Å². The van der Waals surface area contributed by atoms with Crippen LogP contribution in [0, 0.1) is 0 Å². The first-order valence-corrected chi connectivity index (χ1v) is 8.36. The third-order valence-corrected chi connectivity index (χ3v) is 4.52. The summed E-state index contributed by atoms with van der Waals surface area (Å²) in [5, 5.41) is 29.5. The molecular weight excluding hydrogens is 334 g/mol. The molecule has 2 aromatic carbocycles. The summed E-state index contributed by atoms with van der Waals surface area (Å²) in [5.41, 5.74) is 1.40. The van der Waals surface area contributed by atoms with Crippen LogP contribution in [0.15, 0.2) is 57.7 Å².